The van der Waals surface area contributed by atoms with Crippen LogP contribution in [0, 0.1) is 23.2 Å². The summed E-state index contributed by atoms with van der Waals surface area (Å²) in [7, 11) is 0. The summed E-state index contributed by atoms with van der Waals surface area (Å²) >= 11 is 1.49. The molecule has 0 spiro atoms. The minimum Gasteiger partial charge on any atom is -0.298 e. The van der Waals surface area contributed by atoms with Gasteiger partial charge in [-0.15, -0.1) is 5.10 Å². The predicted molar refractivity (Wildman–Crippen MR) is 92.0 cm³/mol. The van der Waals surface area contributed by atoms with Crippen molar-refractivity contribution in [1.82, 2.24) is 14.8 Å². The lowest BCUT2D eigenvalue weighted by Gasteiger charge is -2.56. The first-order chi connectivity index (χ1) is 11.5. The van der Waals surface area contributed by atoms with Gasteiger partial charge in [0, 0.05) is 11.5 Å². The van der Waals surface area contributed by atoms with Gasteiger partial charge in [0.15, 0.2) is 10.9 Å². The Morgan fingerprint density at radius 2 is 1.79 bits per heavy atom. The van der Waals surface area contributed by atoms with Crippen LogP contribution in [0.2, 0.25) is 0 Å². The molecule has 1 aromatic rings. The van der Waals surface area contributed by atoms with Crippen molar-refractivity contribution in [1.29, 1.82) is 0 Å². The molecule has 1 atom stereocenters. The molecule has 24 heavy (non-hydrogen) atoms. The Kier molecular flexibility index (Phi) is 3.32. The molecule has 130 valence electrons. The average molecular weight is 347 g/mol. The molecular formula is C18H25N3O2S. The molecule has 1 N–H and O–H groups in total. The minimum absolute atomic E-state index is 0.0673. The van der Waals surface area contributed by atoms with Crippen molar-refractivity contribution in [2.24, 2.45) is 23.2 Å². The topological polar surface area (TPSA) is 67.8 Å². The van der Waals surface area contributed by atoms with Gasteiger partial charge in [-0.25, -0.2) is 9.89 Å². The molecule has 5 nitrogen and oxygen atoms in total. The second-order valence-electron chi connectivity index (χ2n) is 8.73. The van der Waals surface area contributed by atoms with Crippen LogP contribution >= 0.6 is 11.8 Å². The van der Waals surface area contributed by atoms with Crippen LogP contribution in [0.25, 0.3) is 0 Å². The van der Waals surface area contributed by atoms with E-state index in [-0.39, 0.29) is 16.4 Å². The third kappa shape index (κ3) is 2.32. The normalized spacial score (nSPS) is 38.5. The van der Waals surface area contributed by atoms with Gasteiger partial charge in [-0.1, -0.05) is 11.8 Å². The van der Waals surface area contributed by atoms with Crippen LogP contribution < -0.4 is 5.69 Å². The molecule has 5 aliphatic rings. The van der Waals surface area contributed by atoms with E-state index < -0.39 is 0 Å². The number of carbonyl (C=O) groups excluding carboxylic acids is 1. The highest BCUT2D eigenvalue weighted by atomic mass is 32.2. The van der Waals surface area contributed by atoms with Crippen LogP contribution in [0.5, 0.6) is 0 Å². The molecule has 5 saturated carbocycles. The Morgan fingerprint density at radius 3 is 2.33 bits per heavy atom. The lowest BCUT2D eigenvalue weighted by Crippen LogP contribution is -2.51. The van der Waals surface area contributed by atoms with E-state index in [0.717, 1.165) is 49.9 Å². The molecule has 0 aliphatic heterocycles. The van der Waals surface area contributed by atoms with Crippen molar-refractivity contribution in [2.75, 3.05) is 0 Å². The van der Waals surface area contributed by atoms with Crippen molar-refractivity contribution < 1.29 is 4.79 Å². The van der Waals surface area contributed by atoms with E-state index >= 15 is 0 Å². The maximum Gasteiger partial charge on any atom is 0.344 e. The number of nitrogens with zero attached hydrogens (tertiary/aromatic N) is 2. The smallest absolute Gasteiger partial charge is 0.298 e. The number of aromatic nitrogens is 3. The van der Waals surface area contributed by atoms with E-state index in [1.54, 1.807) is 4.57 Å². The maximum atomic E-state index is 13.4. The number of rotatable bonds is 5. The fourth-order valence-corrected chi connectivity index (χ4v) is 7.20. The Bertz CT molecular complexity index is 698. The van der Waals surface area contributed by atoms with Gasteiger partial charge in [0.25, 0.3) is 0 Å². The van der Waals surface area contributed by atoms with Gasteiger partial charge in [0.2, 0.25) is 0 Å². The maximum absolute atomic E-state index is 13.4. The zero-order chi connectivity index (χ0) is 16.5. The van der Waals surface area contributed by atoms with Crippen LogP contribution in [0.15, 0.2) is 9.95 Å². The summed E-state index contributed by atoms with van der Waals surface area (Å²) in [6.45, 7) is 2.02. The summed E-state index contributed by atoms with van der Waals surface area (Å²) in [6.07, 6.45) is 9.49. The summed E-state index contributed by atoms with van der Waals surface area (Å²) in [4.78, 5) is 25.3. The lowest BCUT2D eigenvalue weighted by atomic mass is 9.48. The van der Waals surface area contributed by atoms with Crippen LogP contribution in [-0.4, -0.2) is 25.8 Å². The minimum atomic E-state index is -0.130. The van der Waals surface area contributed by atoms with E-state index in [4.69, 9.17) is 0 Å². The molecule has 6 rings (SSSR count). The molecule has 0 radical (unpaired) electrons. The fraction of sp³-hybridized carbons (Fsp3) is 0.833. The molecule has 4 bridgehead atoms. The Morgan fingerprint density at radius 1 is 1.21 bits per heavy atom. The van der Waals surface area contributed by atoms with Crippen LogP contribution in [-0.2, 0) is 4.79 Å². The summed E-state index contributed by atoms with van der Waals surface area (Å²) in [6, 6.07) is 0.292. The van der Waals surface area contributed by atoms with Crippen LogP contribution in [0.3, 0.4) is 0 Å². The van der Waals surface area contributed by atoms with Gasteiger partial charge in [-0.05, 0) is 76.0 Å². The first-order valence-corrected chi connectivity index (χ1v) is 10.3. The van der Waals surface area contributed by atoms with Crippen LogP contribution in [0.4, 0.5) is 0 Å². The van der Waals surface area contributed by atoms with Gasteiger partial charge in [-0.2, -0.15) is 0 Å². The van der Waals surface area contributed by atoms with Gasteiger partial charge in [0.1, 0.15) is 0 Å². The molecule has 5 aliphatic carbocycles. The van der Waals surface area contributed by atoms with E-state index in [1.165, 1.54) is 31.0 Å². The lowest BCUT2D eigenvalue weighted by molar-refractivity contribution is -0.142. The van der Waals surface area contributed by atoms with Crippen molar-refractivity contribution >= 4 is 17.5 Å². The average Bonchev–Trinajstić information content (AvgIpc) is 3.29. The van der Waals surface area contributed by atoms with Crippen molar-refractivity contribution in [3.05, 3.63) is 10.5 Å². The highest BCUT2D eigenvalue weighted by molar-refractivity contribution is 8.00. The Hall–Kier alpha value is -1.04. The number of hydrogen-bond donors (Lipinski definition) is 1. The SMILES string of the molecule is C[C@@H](Sc1n[nH]c(=O)n1C1CC1)C(=O)C12CC3CC(CC(C3)C1)C2. The van der Waals surface area contributed by atoms with E-state index in [0.29, 0.717) is 17.0 Å². The third-order valence-electron chi connectivity index (χ3n) is 6.80. The van der Waals surface area contributed by atoms with Crippen molar-refractivity contribution in [3.63, 3.8) is 0 Å². The van der Waals surface area contributed by atoms with Crippen molar-refractivity contribution in [2.45, 2.75) is 74.7 Å². The monoisotopic (exact) mass is 347 g/mol. The van der Waals surface area contributed by atoms with Gasteiger partial charge >= 0.3 is 5.69 Å². The van der Waals surface area contributed by atoms with Crippen molar-refractivity contribution in [3.8, 4) is 0 Å². The number of Topliss-reactive ketones (excluding diaryl/α,β-unsaturated/α-hetero) is 1. The van der Waals surface area contributed by atoms with E-state index in [9.17, 15) is 9.59 Å². The standard InChI is InChI=1S/C18H25N3O2S/c1-10(24-17-20-19-16(23)21(17)14-2-3-14)15(22)18-7-11-4-12(8-18)6-13(5-11)9-18/h10-14H,2-9H2,1H3,(H,19,23)/t10-,11?,12?,13?,18?/m1/s1. The third-order valence-corrected chi connectivity index (χ3v) is 7.86. The molecule has 6 heteroatoms. The molecule has 1 heterocycles. The summed E-state index contributed by atoms with van der Waals surface area (Å²) in [5, 5.41) is 7.33. The molecular weight excluding hydrogens is 322 g/mol. The molecule has 5 fully saturated rings. The second kappa shape index (κ2) is 5.23. The first kappa shape index (κ1) is 15.2. The quantitative estimate of drug-likeness (QED) is 0.831. The number of H-pyrrole nitrogens is 1. The Balaban J connectivity index is 1.37. The first-order valence-electron chi connectivity index (χ1n) is 9.42. The number of hydrogen-bond acceptors (Lipinski definition) is 4. The second-order valence-corrected chi connectivity index (χ2v) is 10.0. The largest absolute Gasteiger partial charge is 0.344 e. The number of carbonyl (C=O) groups is 1. The number of ketones is 1. The van der Waals surface area contributed by atoms with E-state index in [2.05, 4.69) is 10.2 Å². The zero-order valence-electron chi connectivity index (χ0n) is 14.2. The molecule has 1 aromatic heterocycles. The number of nitrogens with one attached hydrogen (secondary N) is 1. The summed E-state index contributed by atoms with van der Waals surface area (Å²) < 4.78 is 1.76. The van der Waals surface area contributed by atoms with Gasteiger partial charge in [0.05, 0.1) is 5.25 Å². The number of thioether (sulfide) groups is 1. The fourth-order valence-electron chi connectivity index (χ4n) is 6.08. The zero-order valence-corrected chi connectivity index (χ0v) is 15.0. The predicted octanol–water partition coefficient (Wildman–Crippen LogP) is 3.17. The molecule has 0 saturated heterocycles. The molecule has 0 amide bonds. The van der Waals surface area contributed by atoms with Gasteiger partial charge in [-0.3, -0.25) is 9.36 Å². The molecule has 0 unspecified atom stereocenters. The number of aromatic amines is 1. The highest BCUT2D eigenvalue weighted by Crippen LogP contribution is 2.61. The summed E-state index contributed by atoms with van der Waals surface area (Å²) in [5.74, 6) is 2.77. The summed E-state index contributed by atoms with van der Waals surface area (Å²) in [5.41, 5.74) is -0.197. The Labute approximate surface area is 146 Å². The van der Waals surface area contributed by atoms with E-state index in [1.807, 2.05) is 6.92 Å². The van der Waals surface area contributed by atoms with Gasteiger partial charge < -0.3 is 0 Å². The highest BCUT2D eigenvalue weighted by Gasteiger charge is 2.55. The molecule has 0 aromatic carbocycles. The van der Waals surface area contributed by atoms with Crippen LogP contribution in [0.1, 0.15) is 64.3 Å².